The Morgan fingerprint density at radius 1 is 0.906 bits per heavy atom. The zero-order chi connectivity index (χ0) is 23.1. The lowest BCUT2D eigenvalue weighted by Crippen LogP contribution is -2.44. The minimum Gasteiger partial charge on any atom is -0.367 e. The molecule has 1 amide bonds. The zero-order valence-corrected chi connectivity index (χ0v) is 19.0. The van der Waals surface area contributed by atoms with Crippen molar-refractivity contribution in [3.05, 3.63) is 101 Å². The van der Waals surface area contributed by atoms with Gasteiger partial charge in [0.05, 0.1) is 0 Å². The van der Waals surface area contributed by atoms with Crippen molar-refractivity contribution in [1.29, 1.82) is 0 Å². The van der Waals surface area contributed by atoms with Gasteiger partial charge < -0.3 is 15.1 Å². The van der Waals surface area contributed by atoms with E-state index in [1.54, 1.807) is 4.90 Å². The summed E-state index contributed by atoms with van der Waals surface area (Å²) in [7, 11) is 0. The third-order valence-electron chi connectivity index (χ3n) is 5.70. The summed E-state index contributed by atoms with van der Waals surface area (Å²) in [6, 6.07) is 23.1. The Kier molecular flexibility index (Phi) is 8.17. The van der Waals surface area contributed by atoms with Crippen LogP contribution in [0.1, 0.15) is 33.9 Å². The van der Waals surface area contributed by atoms with E-state index in [1.165, 1.54) is 11.1 Å². The number of rotatable bonds is 9. The first kappa shape index (κ1) is 23.7. The number of nitrogens with zero attached hydrogens (tertiary/aromatic N) is 1. The third kappa shape index (κ3) is 6.26. The molecule has 5 heteroatoms. The van der Waals surface area contributed by atoms with Crippen LogP contribution in [0.3, 0.4) is 0 Å². The predicted molar refractivity (Wildman–Crippen MR) is 129 cm³/mol. The molecular weight excluding hydrogens is 400 g/mol. The van der Waals surface area contributed by atoms with Crippen molar-refractivity contribution >= 4 is 11.6 Å². The highest BCUT2D eigenvalue weighted by Crippen LogP contribution is 2.24. The van der Waals surface area contributed by atoms with E-state index in [9.17, 15) is 15.0 Å². The molecule has 0 saturated carbocycles. The molecule has 1 unspecified atom stereocenters. The first-order chi connectivity index (χ1) is 15.3. The molecule has 0 aliphatic rings. The molecule has 3 N–H and O–H groups in total. The quantitative estimate of drug-likeness (QED) is 0.450. The summed E-state index contributed by atoms with van der Waals surface area (Å²) in [5, 5.41) is 21.8. The number of aryl methyl sites for hydroxylation is 3. The smallest absolute Gasteiger partial charge is 0.248 e. The molecule has 0 radical (unpaired) electrons. The van der Waals surface area contributed by atoms with E-state index in [0.29, 0.717) is 13.0 Å². The molecule has 0 aromatic heterocycles. The van der Waals surface area contributed by atoms with Crippen LogP contribution in [0.2, 0.25) is 0 Å². The molecular formula is C27H32N2O3. The van der Waals surface area contributed by atoms with Crippen LogP contribution in [0.4, 0.5) is 5.69 Å². The zero-order valence-electron chi connectivity index (χ0n) is 19.0. The minimum atomic E-state index is -1.54. The topological polar surface area (TPSA) is 72.8 Å². The summed E-state index contributed by atoms with van der Waals surface area (Å²) in [6.45, 7) is 6.55. The lowest BCUT2D eigenvalue weighted by Gasteiger charge is -2.29. The molecule has 32 heavy (non-hydrogen) atoms. The van der Waals surface area contributed by atoms with Crippen LogP contribution in [-0.2, 0) is 11.2 Å². The van der Waals surface area contributed by atoms with Gasteiger partial charge in [-0.05, 0) is 61.6 Å². The second-order valence-electron chi connectivity index (χ2n) is 8.23. The van der Waals surface area contributed by atoms with E-state index >= 15 is 0 Å². The van der Waals surface area contributed by atoms with Gasteiger partial charge in [0.25, 0.3) is 0 Å². The van der Waals surface area contributed by atoms with E-state index < -0.39 is 12.3 Å². The Morgan fingerprint density at radius 3 is 2.22 bits per heavy atom. The molecule has 1 atom stereocenters. The number of carbonyl (C=O) groups is 1. The van der Waals surface area contributed by atoms with Gasteiger partial charge in [-0.15, -0.1) is 0 Å². The first-order valence-electron chi connectivity index (χ1n) is 10.9. The van der Waals surface area contributed by atoms with Gasteiger partial charge in [0.2, 0.25) is 5.91 Å². The lowest BCUT2D eigenvalue weighted by atomic mass is 10.0. The Morgan fingerprint density at radius 2 is 1.59 bits per heavy atom. The van der Waals surface area contributed by atoms with E-state index in [4.69, 9.17) is 0 Å². The normalized spacial score (nSPS) is 12.1. The monoisotopic (exact) mass is 432 g/mol. The van der Waals surface area contributed by atoms with Gasteiger partial charge in [-0.2, -0.15) is 0 Å². The highest BCUT2D eigenvalue weighted by atomic mass is 16.5. The number of hydrogen-bond donors (Lipinski definition) is 3. The molecule has 0 spiro atoms. The highest BCUT2D eigenvalue weighted by Gasteiger charge is 2.27. The number of aliphatic hydroxyl groups excluding tert-OH is 1. The van der Waals surface area contributed by atoms with Crippen LogP contribution in [-0.4, -0.2) is 35.5 Å². The van der Waals surface area contributed by atoms with Gasteiger partial charge in [-0.1, -0.05) is 66.2 Å². The van der Waals surface area contributed by atoms with Gasteiger partial charge >= 0.3 is 0 Å². The van der Waals surface area contributed by atoms with Crippen LogP contribution >= 0.6 is 0 Å². The second-order valence-corrected chi connectivity index (χ2v) is 8.23. The van der Waals surface area contributed by atoms with Gasteiger partial charge in [-0.3, -0.25) is 10.1 Å². The van der Waals surface area contributed by atoms with Gasteiger partial charge in [0.1, 0.15) is 6.04 Å². The number of amides is 1. The third-order valence-corrected chi connectivity index (χ3v) is 5.70. The van der Waals surface area contributed by atoms with Crippen molar-refractivity contribution in [3.63, 3.8) is 0 Å². The predicted octanol–water partition coefficient (Wildman–Crippen LogP) is 3.83. The Balaban J connectivity index is 1.93. The largest absolute Gasteiger partial charge is 0.367 e. The highest BCUT2D eigenvalue weighted by molar-refractivity contribution is 5.98. The van der Waals surface area contributed by atoms with Crippen LogP contribution in [0.15, 0.2) is 72.8 Å². The van der Waals surface area contributed by atoms with Crippen molar-refractivity contribution in [2.75, 3.05) is 18.0 Å². The second kappa shape index (κ2) is 11.0. The Hall–Kier alpha value is -2.99. The van der Waals surface area contributed by atoms with Crippen molar-refractivity contribution in [1.82, 2.24) is 5.32 Å². The van der Waals surface area contributed by atoms with Gasteiger partial charge in [-0.25, -0.2) is 0 Å². The van der Waals surface area contributed by atoms with E-state index in [2.05, 4.69) is 43.4 Å². The van der Waals surface area contributed by atoms with Crippen LogP contribution in [0, 0.1) is 20.8 Å². The van der Waals surface area contributed by atoms with Crippen LogP contribution in [0.5, 0.6) is 0 Å². The summed E-state index contributed by atoms with van der Waals surface area (Å²) in [4.78, 5) is 15.6. The fraction of sp³-hybridized carbons (Fsp3) is 0.296. The van der Waals surface area contributed by atoms with E-state index in [-0.39, 0.29) is 12.5 Å². The molecule has 0 aliphatic carbocycles. The molecule has 3 aromatic rings. The Labute approximate surface area is 190 Å². The molecule has 0 bridgehead atoms. The number of nitrogens with one attached hydrogen (secondary N) is 1. The van der Waals surface area contributed by atoms with Crippen molar-refractivity contribution in [3.8, 4) is 0 Å². The summed E-state index contributed by atoms with van der Waals surface area (Å²) in [6.07, 6.45) is -0.833. The minimum absolute atomic E-state index is 0.107. The molecule has 0 saturated heterocycles. The SMILES string of the molecule is Cc1ccc(CCN(C(=O)C(NCC(O)O)c2ccccc2)c2ccc(C)c(C)c2)cc1. The van der Waals surface area contributed by atoms with E-state index in [1.807, 2.05) is 55.5 Å². The van der Waals surface area contributed by atoms with Crippen molar-refractivity contribution < 1.29 is 15.0 Å². The maximum Gasteiger partial charge on any atom is 0.248 e. The summed E-state index contributed by atoms with van der Waals surface area (Å²) >= 11 is 0. The lowest BCUT2D eigenvalue weighted by molar-refractivity contribution is -0.121. The number of anilines is 1. The summed E-state index contributed by atoms with van der Waals surface area (Å²) in [5.74, 6) is -0.132. The number of benzene rings is 3. The fourth-order valence-corrected chi connectivity index (χ4v) is 3.63. The van der Waals surface area contributed by atoms with Gasteiger partial charge in [0, 0.05) is 18.8 Å². The molecule has 0 fully saturated rings. The maximum atomic E-state index is 13.8. The molecule has 5 nitrogen and oxygen atoms in total. The molecule has 0 aliphatic heterocycles. The number of carbonyl (C=O) groups excluding carboxylic acids is 1. The number of hydrogen-bond acceptors (Lipinski definition) is 4. The molecule has 0 heterocycles. The average Bonchev–Trinajstić information content (AvgIpc) is 2.78. The maximum absolute atomic E-state index is 13.8. The van der Waals surface area contributed by atoms with Crippen LogP contribution < -0.4 is 10.2 Å². The molecule has 168 valence electrons. The van der Waals surface area contributed by atoms with Crippen molar-refractivity contribution in [2.45, 2.75) is 39.5 Å². The fourth-order valence-electron chi connectivity index (χ4n) is 3.63. The van der Waals surface area contributed by atoms with Crippen LogP contribution in [0.25, 0.3) is 0 Å². The molecule has 3 aromatic carbocycles. The average molecular weight is 433 g/mol. The van der Waals surface area contributed by atoms with Crippen molar-refractivity contribution in [2.24, 2.45) is 0 Å². The summed E-state index contributed by atoms with van der Waals surface area (Å²) < 4.78 is 0. The molecule has 3 rings (SSSR count). The Bertz CT molecular complexity index is 1020. The summed E-state index contributed by atoms with van der Waals surface area (Å²) in [5.41, 5.74) is 6.25. The first-order valence-corrected chi connectivity index (χ1v) is 10.9. The standard InChI is InChI=1S/C27H32N2O3/c1-19-9-12-22(13-10-19)15-16-29(24-14-11-20(2)21(3)17-24)27(32)26(28-18-25(30)31)23-7-5-4-6-8-23/h4-14,17,25-26,28,30-31H,15-16,18H2,1-3H3. The van der Waals surface area contributed by atoms with E-state index in [0.717, 1.165) is 22.4 Å². The number of aliphatic hydroxyl groups is 2. The van der Waals surface area contributed by atoms with Gasteiger partial charge in [0.15, 0.2) is 6.29 Å².